The highest BCUT2D eigenvalue weighted by Gasteiger charge is 2.16. The molecule has 1 N–H and O–H groups in total. The largest absolute Gasteiger partial charge is 0.506 e. The summed E-state index contributed by atoms with van der Waals surface area (Å²) in [6, 6.07) is 9.98. The number of para-hydroxylation sites is 1. The van der Waals surface area contributed by atoms with Gasteiger partial charge in [0.1, 0.15) is 17.1 Å². The van der Waals surface area contributed by atoms with E-state index in [9.17, 15) is 9.90 Å². The van der Waals surface area contributed by atoms with Gasteiger partial charge in [0.15, 0.2) is 5.82 Å². The molecule has 0 atom stereocenters. The number of esters is 1. The number of halogens is 1. The van der Waals surface area contributed by atoms with E-state index in [0.717, 1.165) is 0 Å². The molecule has 0 saturated heterocycles. The van der Waals surface area contributed by atoms with Crippen LogP contribution in [0.5, 0.6) is 5.75 Å². The van der Waals surface area contributed by atoms with Gasteiger partial charge in [-0.05, 0) is 31.2 Å². The van der Waals surface area contributed by atoms with Gasteiger partial charge in [-0.3, -0.25) is 9.20 Å². The molecule has 0 bridgehead atoms. The third kappa shape index (κ3) is 3.77. The number of fused-ring (bicyclic) bond motifs is 1. The van der Waals surface area contributed by atoms with Crippen LogP contribution < -0.4 is 0 Å². The lowest BCUT2D eigenvalue weighted by Gasteiger charge is -2.01. The number of ether oxygens (including phenoxy) is 1. The molecular formula is C17H15ClN4O3. The number of phenolic OH excluding ortho intramolecular Hbond substituents is 1. The van der Waals surface area contributed by atoms with E-state index in [-0.39, 0.29) is 18.8 Å². The predicted molar refractivity (Wildman–Crippen MR) is 92.8 cm³/mol. The van der Waals surface area contributed by atoms with Crippen molar-refractivity contribution < 1.29 is 14.6 Å². The standard InChI is InChI=1S/C17H15ClN4O3/c1-2-25-16(24)9-13-17(21-20-12-5-3-4-6-14(12)23)22-10-11(18)7-8-15(22)19-13/h3-8,10,23H,2,9H2,1H3. The second kappa shape index (κ2) is 7.31. The van der Waals surface area contributed by atoms with Crippen LogP contribution in [-0.4, -0.2) is 27.1 Å². The van der Waals surface area contributed by atoms with Crippen LogP contribution in [0.1, 0.15) is 12.6 Å². The van der Waals surface area contributed by atoms with Gasteiger partial charge in [0.2, 0.25) is 0 Å². The number of aromatic nitrogens is 2. The average molecular weight is 359 g/mol. The molecule has 0 aliphatic heterocycles. The fourth-order valence-corrected chi connectivity index (χ4v) is 2.44. The number of azo groups is 1. The molecule has 0 aliphatic carbocycles. The molecule has 0 unspecified atom stereocenters. The molecule has 8 heteroatoms. The number of hydrogen-bond donors (Lipinski definition) is 1. The topological polar surface area (TPSA) is 88.5 Å². The van der Waals surface area contributed by atoms with Crippen molar-refractivity contribution in [1.29, 1.82) is 0 Å². The summed E-state index contributed by atoms with van der Waals surface area (Å²) in [5.74, 6) is -0.0464. The maximum absolute atomic E-state index is 11.8. The van der Waals surface area contributed by atoms with Gasteiger partial charge in [-0.1, -0.05) is 23.7 Å². The van der Waals surface area contributed by atoms with Crippen molar-refractivity contribution in [2.45, 2.75) is 13.3 Å². The number of phenols is 1. The third-order valence-electron chi connectivity index (χ3n) is 3.38. The van der Waals surface area contributed by atoms with Crippen molar-refractivity contribution in [3.8, 4) is 5.75 Å². The summed E-state index contributed by atoms with van der Waals surface area (Å²) in [4.78, 5) is 16.2. The monoisotopic (exact) mass is 358 g/mol. The van der Waals surface area contributed by atoms with Crippen molar-refractivity contribution in [3.63, 3.8) is 0 Å². The van der Waals surface area contributed by atoms with E-state index in [1.54, 1.807) is 47.9 Å². The zero-order chi connectivity index (χ0) is 17.8. The lowest BCUT2D eigenvalue weighted by atomic mass is 10.3. The Bertz CT molecular complexity index is 952. The van der Waals surface area contributed by atoms with Crippen molar-refractivity contribution in [1.82, 2.24) is 9.38 Å². The molecule has 3 aromatic rings. The summed E-state index contributed by atoms with van der Waals surface area (Å²) >= 11 is 6.05. The first-order chi connectivity index (χ1) is 12.1. The van der Waals surface area contributed by atoms with E-state index in [1.807, 2.05) is 0 Å². The summed E-state index contributed by atoms with van der Waals surface area (Å²) in [5, 5.41) is 18.5. The lowest BCUT2D eigenvalue weighted by Crippen LogP contribution is -2.07. The predicted octanol–water partition coefficient (Wildman–Crippen LogP) is 4.21. The number of nitrogens with zero attached hydrogens (tertiary/aromatic N) is 4. The summed E-state index contributed by atoms with van der Waals surface area (Å²) in [6.45, 7) is 2.02. The van der Waals surface area contributed by atoms with Crippen LogP contribution in [0.15, 0.2) is 52.8 Å². The van der Waals surface area contributed by atoms with Crippen LogP contribution in [0, 0.1) is 0 Å². The SMILES string of the molecule is CCOC(=O)Cc1nc2ccc(Cl)cn2c1N=Nc1ccccc1O. The molecule has 2 aromatic heterocycles. The van der Waals surface area contributed by atoms with E-state index < -0.39 is 5.97 Å². The van der Waals surface area contributed by atoms with Crippen LogP contribution >= 0.6 is 11.6 Å². The fraction of sp³-hybridized carbons (Fsp3) is 0.176. The molecule has 3 rings (SSSR count). The molecule has 128 valence electrons. The number of benzene rings is 1. The number of pyridine rings is 1. The van der Waals surface area contributed by atoms with Gasteiger partial charge in [0, 0.05) is 6.20 Å². The summed E-state index contributed by atoms with van der Waals surface area (Å²) in [6.07, 6.45) is 1.60. The van der Waals surface area contributed by atoms with E-state index >= 15 is 0 Å². The Labute approximate surface area is 148 Å². The number of aromatic hydroxyl groups is 1. The van der Waals surface area contributed by atoms with Gasteiger partial charge in [-0.25, -0.2) is 4.98 Å². The van der Waals surface area contributed by atoms with Crippen LogP contribution in [0.4, 0.5) is 11.5 Å². The second-order valence-corrected chi connectivity index (χ2v) is 5.56. The Morgan fingerprint density at radius 1 is 1.28 bits per heavy atom. The summed E-state index contributed by atoms with van der Waals surface area (Å²) in [5.41, 5.74) is 1.30. The Hall–Kier alpha value is -2.93. The third-order valence-corrected chi connectivity index (χ3v) is 3.60. The Morgan fingerprint density at radius 2 is 2.08 bits per heavy atom. The quantitative estimate of drug-likeness (QED) is 0.546. The van der Waals surface area contributed by atoms with Crippen molar-refractivity contribution in [2.24, 2.45) is 10.2 Å². The normalized spacial score (nSPS) is 11.3. The zero-order valence-electron chi connectivity index (χ0n) is 13.4. The number of hydrogen-bond acceptors (Lipinski definition) is 6. The van der Waals surface area contributed by atoms with E-state index in [1.165, 1.54) is 6.07 Å². The molecule has 1 aromatic carbocycles. The molecule has 2 heterocycles. The minimum Gasteiger partial charge on any atom is -0.506 e. The minimum absolute atomic E-state index is 0.00467. The summed E-state index contributed by atoms with van der Waals surface area (Å²) in [7, 11) is 0. The smallest absolute Gasteiger partial charge is 0.312 e. The maximum atomic E-state index is 11.8. The van der Waals surface area contributed by atoms with Gasteiger partial charge >= 0.3 is 5.97 Å². The van der Waals surface area contributed by atoms with Crippen molar-refractivity contribution in [3.05, 3.63) is 53.3 Å². The second-order valence-electron chi connectivity index (χ2n) is 5.13. The lowest BCUT2D eigenvalue weighted by molar-refractivity contribution is -0.142. The molecule has 0 radical (unpaired) electrons. The van der Waals surface area contributed by atoms with Crippen LogP contribution in [0.2, 0.25) is 5.02 Å². The zero-order valence-corrected chi connectivity index (χ0v) is 14.1. The van der Waals surface area contributed by atoms with Crippen LogP contribution in [0.25, 0.3) is 5.65 Å². The number of carbonyl (C=O) groups is 1. The van der Waals surface area contributed by atoms with E-state index in [0.29, 0.717) is 27.9 Å². The first-order valence-electron chi connectivity index (χ1n) is 7.60. The highest BCUT2D eigenvalue weighted by molar-refractivity contribution is 6.30. The van der Waals surface area contributed by atoms with Gasteiger partial charge in [-0.15, -0.1) is 10.2 Å². The van der Waals surface area contributed by atoms with Crippen molar-refractivity contribution in [2.75, 3.05) is 6.61 Å². The first kappa shape index (κ1) is 16.9. The number of carbonyl (C=O) groups excluding carboxylic acids is 1. The fourth-order valence-electron chi connectivity index (χ4n) is 2.28. The van der Waals surface area contributed by atoms with Gasteiger partial charge < -0.3 is 9.84 Å². The summed E-state index contributed by atoms with van der Waals surface area (Å²) < 4.78 is 6.62. The Kier molecular flexibility index (Phi) is 4.95. The van der Waals surface area contributed by atoms with Crippen molar-refractivity contribution >= 4 is 34.7 Å². The molecule has 0 fully saturated rings. The molecule has 7 nitrogen and oxygen atoms in total. The highest BCUT2D eigenvalue weighted by atomic mass is 35.5. The van der Waals surface area contributed by atoms with E-state index in [4.69, 9.17) is 16.3 Å². The molecule has 0 aliphatic rings. The molecule has 25 heavy (non-hydrogen) atoms. The van der Waals surface area contributed by atoms with Gasteiger partial charge in [0.05, 0.1) is 23.7 Å². The average Bonchev–Trinajstić information content (AvgIpc) is 2.91. The molecular weight excluding hydrogens is 344 g/mol. The number of imidazole rings is 1. The Morgan fingerprint density at radius 3 is 2.84 bits per heavy atom. The van der Waals surface area contributed by atoms with Crippen LogP contribution in [-0.2, 0) is 16.0 Å². The molecule has 0 spiro atoms. The Balaban J connectivity index is 2.05. The molecule has 0 saturated carbocycles. The van der Waals surface area contributed by atoms with Gasteiger partial charge in [-0.2, -0.15) is 0 Å². The minimum atomic E-state index is -0.406. The molecule has 0 amide bonds. The van der Waals surface area contributed by atoms with Crippen LogP contribution in [0.3, 0.4) is 0 Å². The maximum Gasteiger partial charge on any atom is 0.312 e. The first-order valence-corrected chi connectivity index (χ1v) is 7.98. The van der Waals surface area contributed by atoms with E-state index in [2.05, 4.69) is 15.2 Å². The highest BCUT2D eigenvalue weighted by Crippen LogP contribution is 2.30. The number of rotatable bonds is 5. The van der Waals surface area contributed by atoms with Gasteiger partial charge in [0.25, 0.3) is 0 Å².